The molecule has 2 fully saturated rings. The summed E-state index contributed by atoms with van der Waals surface area (Å²) in [6.45, 7) is 8.70. The molecule has 0 heterocycles. The van der Waals surface area contributed by atoms with Crippen LogP contribution in [0, 0.1) is 11.8 Å². The van der Waals surface area contributed by atoms with Crippen LogP contribution in [0.15, 0.2) is 0 Å². The van der Waals surface area contributed by atoms with Crippen LogP contribution in [0.2, 0.25) is 0 Å². The summed E-state index contributed by atoms with van der Waals surface area (Å²) in [5.74, 6) is 2.08. The van der Waals surface area contributed by atoms with E-state index in [4.69, 9.17) is 0 Å². The fraction of sp³-hybridized carbons (Fsp3) is 1.00. The number of rotatable bonds is 0. The van der Waals surface area contributed by atoms with Gasteiger partial charge in [0.15, 0.2) is 0 Å². The average molecular weight is 212 g/mol. The van der Waals surface area contributed by atoms with Crippen molar-refractivity contribution in [2.45, 2.75) is 85.5 Å². The van der Waals surface area contributed by atoms with Crippen LogP contribution in [0.1, 0.15) is 85.5 Å². The molecule has 0 aliphatic heterocycles. The molecule has 0 aromatic carbocycles. The molecule has 0 unspecified atom stereocenters. The molecular formula is C15H32. The largest absolute Gasteiger partial charge is 0.0683 e. The minimum absolute atomic E-state index is 1.04. The van der Waals surface area contributed by atoms with Crippen molar-refractivity contribution in [3.63, 3.8) is 0 Å². The zero-order chi connectivity index (χ0) is 11.5. The molecule has 0 bridgehead atoms. The Morgan fingerprint density at radius 2 is 0.800 bits per heavy atom. The second-order valence-corrected chi connectivity index (χ2v) is 5.13. The van der Waals surface area contributed by atoms with Crippen LogP contribution in [0.25, 0.3) is 0 Å². The van der Waals surface area contributed by atoms with E-state index in [0.29, 0.717) is 0 Å². The minimum Gasteiger partial charge on any atom is -0.0683 e. The van der Waals surface area contributed by atoms with E-state index in [-0.39, 0.29) is 0 Å². The molecule has 0 aromatic rings. The van der Waals surface area contributed by atoms with Crippen LogP contribution in [0.3, 0.4) is 0 Å². The first kappa shape index (κ1) is 15.0. The second-order valence-electron chi connectivity index (χ2n) is 5.13. The highest BCUT2D eigenvalue weighted by atomic mass is 14.1. The zero-order valence-corrected chi connectivity index (χ0v) is 11.5. The zero-order valence-electron chi connectivity index (χ0n) is 11.5. The SMILES string of the molecule is CC.CC1CCCC1.CC1CCCCC1. The summed E-state index contributed by atoms with van der Waals surface area (Å²) in [6.07, 6.45) is 13.4. The summed E-state index contributed by atoms with van der Waals surface area (Å²) in [4.78, 5) is 0. The van der Waals surface area contributed by atoms with Crippen molar-refractivity contribution in [3.05, 3.63) is 0 Å². The summed E-state index contributed by atoms with van der Waals surface area (Å²) in [5.41, 5.74) is 0. The summed E-state index contributed by atoms with van der Waals surface area (Å²) in [5, 5.41) is 0. The van der Waals surface area contributed by atoms with Crippen molar-refractivity contribution in [2.24, 2.45) is 11.8 Å². The third kappa shape index (κ3) is 8.96. The maximum absolute atomic E-state index is 2.36. The highest BCUT2D eigenvalue weighted by molar-refractivity contribution is 4.60. The molecule has 15 heavy (non-hydrogen) atoms. The van der Waals surface area contributed by atoms with Gasteiger partial charge in [0, 0.05) is 0 Å². The van der Waals surface area contributed by atoms with Gasteiger partial charge in [0.2, 0.25) is 0 Å². The highest BCUT2D eigenvalue weighted by Crippen LogP contribution is 2.23. The monoisotopic (exact) mass is 212 g/mol. The average Bonchev–Trinajstić information content (AvgIpc) is 2.74. The van der Waals surface area contributed by atoms with Gasteiger partial charge in [-0.25, -0.2) is 0 Å². The summed E-state index contributed by atoms with van der Waals surface area (Å²) in [6, 6.07) is 0. The van der Waals surface area contributed by atoms with Crippen molar-refractivity contribution in [1.82, 2.24) is 0 Å². The predicted octanol–water partition coefficient (Wildman–Crippen LogP) is 5.81. The van der Waals surface area contributed by atoms with Gasteiger partial charge in [-0.05, 0) is 11.8 Å². The Labute approximate surface area is 97.8 Å². The molecule has 92 valence electrons. The Bertz CT molecular complexity index is 105. The predicted molar refractivity (Wildman–Crippen MR) is 71.2 cm³/mol. The van der Waals surface area contributed by atoms with Crippen LogP contribution in [-0.4, -0.2) is 0 Å². The molecule has 0 N–H and O–H groups in total. The Balaban J connectivity index is 0.000000227. The smallest absolute Gasteiger partial charge is 0.0443 e. The Hall–Kier alpha value is 0. The standard InChI is InChI=1S/C7H14.C6H12.C2H6/c1-7-5-3-2-4-6-7;1-6-4-2-3-5-6;1-2/h7H,2-6H2,1H3;6H,2-5H2,1H3;1-2H3. The minimum atomic E-state index is 1.04. The van der Waals surface area contributed by atoms with Crippen LogP contribution >= 0.6 is 0 Å². The maximum atomic E-state index is 2.36. The van der Waals surface area contributed by atoms with Crippen molar-refractivity contribution >= 4 is 0 Å². The van der Waals surface area contributed by atoms with Gasteiger partial charge in [-0.15, -0.1) is 0 Å². The van der Waals surface area contributed by atoms with Crippen molar-refractivity contribution in [2.75, 3.05) is 0 Å². The van der Waals surface area contributed by atoms with Crippen LogP contribution in [0.4, 0.5) is 0 Å². The van der Waals surface area contributed by atoms with E-state index in [1.165, 1.54) is 57.8 Å². The summed E-state index contributed by atoms with van der Waals surface area (Å²) >= 11 is 0. The molecule has 2 saturated carbocycles. The lowest BCUT2D eigenvalue weighted by molar-refractivity contribution is 0.385. The molecule has 2 aliphatic rings. The lowest BCUT2D eigenvalue weighted by Crippen LogP contribution is -1.99. The lowest BCUT2D eigenvalue weighted by atomic mass is 9.91. The Morgan fingerprint density at radius 1 is 0.533 bits per heavy atom. The summed E-state index contributed by atoms with van der Waals surface area (Å²) < 4.78 is 0. The fourth-order valence-corrected chi connectivity index (χ4v) is 2.44. The fourth-order valence-electron chi connectivity index (χ4n) is 2.44. The van der Waals surface area contributed by atoms with Gasteiger partial charge in [-0.2, -0.15) is 0 Å². The van der Waals surface area contributed by atoms with Crippen LogP contribution in [0.5, 0.6) is 0 Å². The number of hydrogen-bond donors (Lipinski definition) is 0. The first-order chi connectivity index (χ1) is 7.29. The molecule has 0 nitrogen and oxygen atoms in total. The third-order valence-corrected chi connectivity index (χ3v) is 3.54. The van der Waals surface area contributed by atoms with E-state index in [1.54, 1.807) is 0 Å². The van der Waals surface area contributed by atoms with Crippen LogP contribution < -0.4 is 0 Å². The van der Waals surface area contributed by atoms with Crippen molar-refractivity contribution in [3.8, 4) is 0 Å². The van der Waals surface area contributed by atoms with Gasteiger partial charge in [-0.3, -0.25) is 0 Å². The maximum Gasteiger partial charge on any atom is -0.0443 e. The lowest BCUT2D eigenvalue weighted by Gasteiger charge is -2.15. The van der Waals surface area contributed by atoms with Gasteiger partial charge < -0.3 is 0 Å². The Morgan fingerprint density at radius 3 is 0.933 bits per heavy atom. The molecule has 0 saturated heterocycles. The molecule has 0 spiro atoms. The first-order valence-electron chi connectivity index (χ1n) is 7.29. The quantitative estimate of drug-likeness (QED) is 0.475. The molecule has 0 radical (unpaired) electrons. The van der Waals surface area contributed by atoms with E-state index in [1.807, 2.05) is 13.8 Å². The van der Waals surface area contributed by atoms with E-state index >= 15 is 0 Å². The second kappa shape index (κ2) is 10.5. The molecule has 0 atom stereocenters. The van der Waals surface area contributed by atoms with E-state index in [0.717, 1.165) is 11.8 Å². The van der Waals surface area contributed by atoms with Crippen molar-refractivity contribution in [1.29, 1.82) is 0 Å². The molecule has 2 aliphatic carbocycles. The molecule has 2 rings (SSSR count). The molecule has 0 aromatic heterocycles. The van der Waals surface area contributed by atoms with Gasteiger partial charge in [0.1, 0.15) is 0 Å². The molecular weight excluding hydrogens is 180 g/mol. The summed E-state index contributed by atoms with van der Waals surface area (Å²) in [7, 11) is 0. The normalized spacial score (nSPS) is 22.4. The topological polar surface area (TPSA) is 0 Å². The highest BCUT2D eigenvalue weighted by Gasteiger charge is 2.07. The van der Waals surface area contributed by atoms with Crippen LogP contribution in [-0.2, 0) is 0 Å². The Kier molecular flexibility index (Phi) is 10.5. The van der Waals surface area contributed by atoms with Gasteiger partial charge in [-0.1, -0.05) is 85.5 Å². The van der Waals surface area contributed by atoms with E-state index in [2.05, 4.69) is 13.8 Å². The van der Waals surface area contributed by atoms with Gasteiger partial charge in [0.25, 0.3) is 0 Å². The van der Waals surface area contributed by atoms with Crippen molar-refractivity contribution < 1.29 is 0 Å². The third-order valence-electron chi connectivity index (χ3n) is 3.54. The number of hydrogen-bond acceptors (Lipinski definition) is 0. The van der Waals surface area contributed by atoms with E-state index < -0.39 is 0 Å². The van der Waals surface area contributed by atoms with Gasteiger partial charge >= 0.3 is 0 Å². The molecule has 0 amide bonds. The molecule has 0 heteroatoms. The van der Waals surface area contributed by atoms with Gasteiger partial charge in [0.05, 0.1) is 0 Å². The van der Waals surface area contributed by atoms with E-state index in [9.17, 15) is 0 Å². The first-order valence-corrected chi connectivity index (χ1v) is 7.29.